The molecule has 0 saturated heterocycles. The summed E-state index contributed by atoms with van der Waals surface area (Å²) in [7, 11) is 0. The molecule has 1 N–H and O–H groups in total. The Kier molecular flexibility index (Phi) is 2.32. The Morgan fingerprint density at radius 2 is 2.00 bits per heavy atom. The minimum Gasteiger partial charge on any atom is -0.385 e. The fraction of sp³-hybridized carbons (Fsp3) is 0.600. The van der Waals surface area contributed by atoms with Crippen molar-refractivity contribution in [3.8, 4) is 0 Å². The van der Waals surface area contributed by atoms with Crippen LogP contribution in [0.1, 0.15) is 43.7 Å². The summed E-state index contributed by atoms with van der Waals surface area (Å²) < 4.78 is 0. The highest BCUT2D eigenvalue weighted by Gasteiger charge is 2.50. The van der Waals surface area contributed by atoms with Gasteiger partial charge in [0.05, 0.1) is 5.60 Å². The van der Waals surface area contributed by atoms with E-state index in [2.05, 4.69) is 31.2 Å². The van der Waals surface area contributed by atoms with Crippen LogP contribution in [0.15, 0.2) is 24.3 Å². The molecule has 2 aliphatic rings. The van der Waals surface area contributed by atoms with Gasteiger partial charge in [-0.15, -0.1) is 0 Å². The first-order valence-corrected chi connectivity index (χ1v) is 6.54. The summed E-state index contributed by atoms with van der Waals surface area (Å²) in [6, 6.07) is 8.61. The number of aliphatic hydroxyl groups is 1. The lowest BCUT2D eigenvalue weighted by atomic mass is 9.79. The molecule has 86 valence electrons. The Balaban J connectivity index is 1.91. The average molecular weight is 216 g/mol. The van der Waals surface area contributed by atoms with E-state index in [1.54, 1.807) is 0 Å². The molecule has 2 aliphatic carbocycles. The molecule has 3 atom stereocenters. The normalized spacial score (nSPS) is 36.9. The van der Waals surface area contributed by atoms with Crippen molar-refractivity contribution in [1.82, 2.24) is 0 Å². The molecule has 3 unspecified atom stereocenters. The van der Waals surface area contributed by atoms with Crippen LogP contribution in [0.2, 0.25) is 0 Å². The van der Waals surface area contributed by atoms with Gasteiger partial charge in [0.15, 0.2) is 0 Å². The molecular formula is C15H20O. The van der Waals surface area contributed by atoms with Gasteiger partial charge in [0, 0.05) is 0 Å². The van der Waals surface area contributed by atoms with Crippen molar-refractivity contribution >= 4 is 0 Å². The summed E-state index contributed by atoms with van der Waals surface area (Å²) in [5.41, 5.74) is 2.00. The SMILES string of the molecule is CCc1ccc(C2(O)CC3CCC2C3)cc1. The third-order valence-corrected chi connectivity index (χ3v) is 4.68. The monoisotopic (exact) mass is 216 g/mol. The Morgan fingerprint density at radius 3 is 2.50 bits per heavy atom. The molecule has 3 rings (SSSR count). The van der Waals surface area contributed by atoms with Crippen molar-refractivity contribution < 1.29 is 5.11 Å². The minimum atomic E-state index is -0.505. The summed E-state index contributed by atoms with van der Waals surface area (Å²) in [6.45, 7) is 2.17. The number of rotatable bonds is 2. The first kappa shape index (κ1) is 10.3. The van der Waals surface area contributed by atoms with Crippen molar-refractivity contribution in [2.45, 2.75) is 44.6 Å². The number of hydrogen-bond acceptors (Lipinski definition) is 1. The highest BCUT2D eigenvalue weighted by Crippen LogP contribution is 2.55. The fourth-order valence-electron chi connectivity index (χ4n) is 3.68. The molecule has 1 aromatic rings. The van der Waals surface area contributed by atoms with Crippen LogP contribution in [-0.4, -0.2) is 5.11 Å². The molecule has 1 nitrogen and oxygen atoms in total. The Bertz CT molecular complexity index is 381. The van der Waals surface area contributed by atoms with Crippen LogP contribution in [0.25, 0.3) is 0 Å². The van der Waals surface area contributed by atoms with Crippen molar-refractivity contribution in [1.29, 1.82) is 0 Å². The number of hydrogen-bond donors (Lipinski definition) is 1. The topological polar surface area (TPSA) is 20.2 Å². The second-order valence-electron chi connectivity index (χ2n) is 5.55. The third kappa shape index (κ3) is 1.41. The van der Waals surface area contributed by atoms with E-state index in [0.717, 1.165) is 24.3 Å². The predicted molar refractivity (Wildman–Crippen MR) is 65.2 cm³/mol. The average Bonchev–Trinajstić information content (AvgIpc) is 2.89. The largest absolute Gasteiger partial charge is 0.385 e. The zero-order valence-electron chi connectivity index (χ0n) is 9.95. The minimum absolute atomic E-state index is 0.505. The van der Waals surface area contributed by atoms with Crippen LogP contribution >= 0.6 is 0 Å². The number of aryl methyl sites for hydroxylation is 1. The van der Waals surface area contributed by atoms with Gasteiger partial charge in [0.1, 0.15) is 0 Å². The van der Waals surface area contributed by atoms with Gasteiger partial charge in [-0.3, -0.25) is 0 Å². The first-order chi connectivity index (χ1) is 7.72. The quantitative estimate of drug-likeness (QED) is 0.804. The van der Waals surface area contributed by atoms with Crippen molar-refractivity contribution in [2.75, 3.05) is 0 Å². The number of benzene rings is 1. The van der Waals surface area contributed by atoms with E-state index in [4.69, 9.17) is 0 Å². The smallest absolute Gasteiger partial charge is 0.0927 e. The molecule has 0 heterocycles. The summed E-state index contributed by atoms with van der Waals surface area (Å²) in [4.78, 5) is 0. The van der Waals surface area contributed by atoms with Crippen LogP contribution in [0.5, 0.6) is 0 Å². The Hall–Kier alpha value is -0.820. The van der Waals surface area contributed by atoms with Gasteiger partial charge in [-0.05, 0) is 55.1 Å². The molecular weight excluding hydrogens is 196 g/mol. The summed E-state index contributed by atoms with van der Waals surface area (Å²) in [6.07, 6.45) is 5.86. The third-order valence-electron chi connectivity index (χ3n) is 4.68. The van der Waals surface area contributed by atoms with E-state index in [1.165, 1.54) is 24.8 Å². The van der Waals surface area contributed by atoms with E-state index in [1.807, 2.05) is 0 Å². The number of fused-ring (bicyclic) bond motifs is 2. The van der Waals surface area contributed by atoms with E-state index in [-0.39, 0.29) is 0 Å². The van der Waals surface area contributed by atoms with E-state index >= 15 is 0 Å². The van der Waals surface area contributed by atoms with Crippen LogP contribution in [0.4, 0.5) is 0 Å². The van der Waals surface area contributed by atoms with Crippen molar-refractivity contribution in [3.63, 3.8) is 0 Å². The molecule has 2 fully saturated rings. The van der Waals surface area contributed by atoms with Gasteiger partial charge in [-0.1, -0.05) is 31.2 Å². The van der Waals surface area contributed by atoms with Crippen molar-refractivity contribution in [3.05, 3.63) is 35.4 Å². The molecule has 0 aliphatic heterocycles. The van der Waals surface area contributed by atoms with E-state index in [9.17, 15) is 5.11 Å². The molecule has 0 aromatic heterocycles. The Morgan fingerprint density at radius 1 is 1.25 bits per heavy atom. The zero-order chi connectivity index (χ0) is 11.2. The molecule has 1 heteroatoms. The Labute approximate surface area is 97.5 Å². The lowest BCUT2D eigenvalue weighted by Gasteiger charge is -2.33. The van der Waals surface area contributed by atoms with Gasteiger partial charge >= 0.3 is 0 Å². The maximum absolute atomic E-state index is 10.8. The van der Waals surface area contributed by atoms with Gasteiger partial charge in [0.25, 0.3) is 0 Å². The summed E-state index contributed by atoms with van der Waals surface area (Å²) >= 11 is 0. The first-order valence-electron chi connectivity index (χ1n) is 6.54. The lowest BCUT2D eigenvalue weighted by Crippen LogP contribution is -2.32. The van der Waals surface area contributed by atoms with Gasteiger partial charge in [-0.25, -0.2) is 0 Å². The fourth-order valence-corrected chi connectivity index (χ4v) is 3.68. The standard InChI is InChI=1S/C15H20O/c1-2-11-3-6-13(7-4-11)15(16)10-12-5-8-14(15)9-12/h3-4,6-7,12,14,16H,2,5,8-10H2,1H3. The maximum Gasteiger partial charge on any atom is 0.0927 e. The molecule has 0 radical (unpaired) electrons. The summed E-state index contributed by atoms with van der Waals surface area (Å²) in [5, 5.41) is 10.8. The van der Waals surface area contributed by atoms with Gasteiger partial charge in [-0.2, -0.15) is 0 Å². The van der Waals surface area contributed by atoms with Crippen LogP contribution in [-0.2, 0) is 12.0 Å². The molecule has 0 amide bonds. The van der Waals surface area contributed by atoms with Gasteiger partial charge in [0.2, 0.25) is 0 Å². The molecule has 16 heavy (non-hydrogen) atoms. The highest BCUT2D eigenvalue weighted by molar-refractivity contribution is 5.30. The van der Waals surface area contributed by atoms with Crippen LogP contribution in [0.3, 0.4) is 0 Å². The molecule has 2 saturated carbocycles. The lowest BCUT2D eigenvalue weighted by molar-refractivity contribution is -0.0182. The van der Waals surface area contributed by atoms with Crippen LogP contribution < -0.4 is 0 Å². The van der Waals surface area contributed by atoms with E-state index < -0.39 is 5.60 Å². The zero-order valence-corrected chi connectivity index (χ0v) is 9.95. The second kappa shape index (κ2) is 3.59. The maximum atomic E-state index is 10.8. The van der Waals surface area contributed by atoms with E-state index in [0.29, 0.717) is 5.92 Å². The highest BCUT2D eigenvalue weighted by atomic mass is 16.3. The van der Waals surface area contributed by atoms with Crippen molar-refractivity contribution in [2.24, 2.45) is 11.8 Å². The molecule has 2 bridgehead atoms. The molecule has 1 aromatic carbocycles. The molecule has 0 spiro atoms. The van der Waals surface area contributed by atoms with Crippen LogP contribution in [0, 0.1) is 11.8 Å². The van der Waals surface area contributed by atoms with Gasteiger partial charge < -0.3 is 5.11 Å². The predicted octanol–water partition coefficient (Wildman–Crippen LogP) is 3.26. The second-order valence-corrected chi connectivity index (χ2v) is 5.55. The summed E-state index contributed by atoms with van der Waals surface area (Å²) in [5.74, 6) is 1.30.